The van der Waals surface area contributed by atoms with Gasteiger partial charge in [-0.2, -0.15) is 0 Å². The third-order valence-corrected chi connectivity index (χ3v) is 15.3. The summed E-state index contributed by atoms with van der Waals surface area (Å²) < 4.78 is 2.71. The predicted octanol–water partition coefficient (Wildman–Crippen LogP) is 17.2. The molecule has 61 heavy (non-hydrogen) atoms. The van der Waals surface area contributed by atoms with Gasteiger partial charge in [-0.3, -0.25) is 0 Å². The van der Waals surface area contributed by atoms with Crippen molar-refractivity contribution in [2.75, 3.05) is 0 Å². The zero-order valence-electron chi connectivity index (χ0n) is 35.0. The summed E-state index contributed by atoms with van der Waals surface area (Å²) in [6.07, 6.45) is 5.85. The first-order valence-corrected chi connectivity index (χ1v) is 22.2. The Kier molecular flexibility index (Phi) is 7.60. The molecule has 0 fully saturated rings. The second-order valence-electron chi connectivity index (χ2n) is 18.1. The fourth-order valence-corrected chi connectivity index (χ4v) is 12.4. The van der Waals surface area contributed by atoms with Gasteiger partial charge in [0.15, 0.2) is 0 Å². The van der Waals surface area contributed by atoms with Gasteiger partial charge < -0.3 is 0 Å². The van der Waals surface area contributed by atoms with Crippen molar-refractivity contribution in [1.82, 2.24) is 0 Å². The van der Waals surface area contributed by atoms with E-state index in [0.717, 1.165) is 5.57 Å². The summed E-state index contributed by atoms with van der Waals surface area (Å²) in [7, 11) is 0. The highest BCUT2D eigenvalue weighted by Crippen LogP contribution is 2.55. The maximum atomic E-state index is 4.51. The molecule has 0 N–H and O–H groups in total. The lowest BCUT2D eigenvalue weighted by molar-refractivity contribution is 0.660. The van der Waals surface area contributed by atoms with Gasteiger partial charge in [-0.25, -0.2) is 0 Å². The highest BCUT2D eigenvalue weighted by atomic mass is 32.1. The zero-order chi connectivity index (χ0) is 41.4. The molecule has 0 bridgehead atoms. The smallest absolute Gasteiger partial charge is 0.0361 e. The third-order valence-electron chi connectivity index (χ3n) is 14.1. The number of rotatable bonds is 5. The third kappa shape index (κ3) is 4.99. The fraction of sp³-hybridized carbons (Fsp3) is 0.100. The first-order chi connectivity index (χ1) is 29.6. The molecule has 290 valence electrons. The molecule has 1 heteroatoms. The van der Waals surface area contributed by atoms with Crippen LogP contribution in [0.3, 0.4) is 0 Å². The van der Waals surface area contributed by atoms with Crippen molar-refractivity contribution in [2.24, 2.45) is 0 Å². The topological polar surface area (TPSA) is 0 Å². The summed E-state index contributed by atoms with van der Waals surface area (Å²) in [5.74, 6) is 0. The summed E-state index contributed by atoms with van der Waals surface area (Å²) >= 11 is 1.90. The highest BCUT2D eigenvalue weighted by molar-refractivity contribution is 7.26. The molecule has 0 spiro atoms. The highest BCUT2D eigenvalue weighted by Gasteiger charge is 2.39. The fourth-order valence-electron chi connectivity index (χ4n) is 11.3. The Labute approximate surface area is 361 Å². The average Bonchev–Trinajstić information content (AvgIpc) is 3.86. The SMILES string of the molecule is C=C/C=C\C(=C)c1c2ccccc2c(-c2ccc3c(c2)-c2ccc(-c4ccc5c(c4)-c4ccc6c(ccc7sc8ccccc8c76)c4C5(C)C)cc2C3(C)C)c2ccccc12. The molecule has 0 radical (unpaired) electrons. The van der Waals surface area contributed by atoms with Crippen molar-refractivity contribution >= 4 is 69.4 Å². The van der Waals surface area contributed by atoms with Gasteiger partial charge in [0, 0.05) is 31.0 Å². The summed E-state index contributed by atoms with van der Waals surface area (Å²) in [6, 6.07) is 57.6. The van der Waals surface area contributed by atoms with Crippen molar-refractivity contribution in [3.05, 3.63) is 211 Å². The second-order valence-corrected chi connectivity index (χ2v) is 19.2. The Bertz CT molecular complexity index is 3560. The van der Waals surface area contributed by atoms with Crippen LogP contribution in [0.15, 0.2) is 183 Å². The second kappa shape index (κ2) is 12.9. The van der Waals surface area contributed by atoms with Crippen LogP contribution in [-0.4, -0.2) is 0 Å². The van der Waals surface area contributed by atoms with Crippen LogP contribution in [0, 0.1) is 0 Å². The van der Waals surface area contributed by atoms with Crippen LogP contribution in [0.1, 0.15) is 55.5 Å². The number of allylic oxidation sites excluding steroid dienone is 4. The van der Waals surface area contributed by atoms with Gasteiger partial charge >= 0.3 is 0 Å². The first kappa shape index (κ1) is 36.1. The number of fused-ring (bicyclic) bond motifs is 14. The number of thiophene rings is 1. The molecule has 9 aromatic carbocycles. The Balaban J connectivity index is 0.976. The maximum absolute atomic E-state index is 4.51. The van der Waals surface area contributed by atoms with E-state index in [0.29, 0.717) is 0 Å². The van der Waals surface area contributed by atoms with E-state index in [1.165, 1.54) is 125 Å². The molecule has 12 rings (SSSR count). The number of hydrogen-bond donors (Lipinski definition) is 0. The minimum Gasteiger partial charge on any atom is -0.135 e. The van der Waals surface area contributed by atoms with Crippen LogP contribution in [0.5, 0.6) is 0 Å². The molecule has 0 saturated heterocycles. The molecule has 0 aliphatic heterocycles. The maximum Gasteiger partial charge on any atom is 0.0361 e. The van der Waals surface area contributed by atoms with Crippen molar-refractivity contribution in [3.8, 4) is 44.5 Å². The van der Waals surface area contributed by atoms with Crippen LogP contribution >= 0.6 is 11.3 Å². The van der Waals surface area contributed by atoms with Gasteiger partial charge in [-0.05, 0) is 141 Å². The van der Waals surface area contributed by atoms with Crippen molar-refractivity contribution < 1.29 is 0 Å². The van der Waals surface area contributed by atoms with Crippen LogP contribution in [-0.2, 0) is 10.8 Å². The molecule has 10 aromatic rings. The van der Waals surface area contributed by atoms with Crippen LogP contribution < -0.4 is 0 Å². The summed E-state index contributed by atoms with van der Waals surface area (Å²) in [5, 5.41) is 10.4. The zero-order valence-corrected chi connectivity index (χ0v) is 35.8. The first-order valence-electron chi connectivity index (χ1n) is 21.4. The summed E-state index contributed by atoms with van der Waals surface area (Å²) in [4.78, 5) is 0. The van der Waals surface area contributed by atoms with E-state index in [-0.39, 0.29) is 10.8 Å². The molecule has 0 unspecified atom stereocenters. The van der Waals surface area contributed by atoms with E-state index in [1.807, 2.05) is 23.5 Å². The van der Waals surface area contributed by atoms with E-state index >= 15 is 0 Å². The molecular formula is C60H44S. The van der Waals surface area contributed by atoms with Crippen molar-refractivity contribution in [2.45, 2.75) is 38.5 Å². The number of benzene rings is 9. The Hall–Kier alpha value is -6.80. The normalized spacial score (nSPS) is 14.6. The van der Waals surface area contributed by atoms with Crippen LogP contribution in [0.4, 0.5) is 0 Å². The molecule has 0 saturated carbocycles. The lowest BCUT2D eigenvalue weighted by atomic mass is 9.79. The minimum absolute atomic E-state index is 0.116. The average molecular weight is 797 g/mol. The summed E-state index contributed by atoms with van der Waals surface area (Å²) in [5.41, 5.74) is 17.9. The van der Waals surface area contributed by atoms with Gasteiger partial charge in [0.1, 0.15) is 0 Å². The van der Waals surface area contributed by atoms with E-state index < -0.39 is 0 Å². The van der Waals surface area contributed by atoms with Crippen molar-refractivity contribution in [1.29, 1.82) is 0 Å². The molecular weight excluding hydrogens is 753 g/mol. The lowest BCUT2D eigenvalue weighted by Gasteiger charge is -2.24. The Morgan fingerprint density at radius 2 is 1.05 bits per heavy atom. The quantitative estimate of drug-likeness (QED) is 0.120. The van der Waals surface area contributed by atoms with Crippen LogP contribution in [0.25, 0.3) is 103 Å². The molecule has 0 amide bonds. The monoisotopic (exact) mass is 796 g/mol. The molecule has 1 aromatic heterocycles. The lowest BCUT2D eigenvalue weighted by Crippen LogP contribution is -2.15. The van der Waals surface area contributed by atoms with Gasteiger partial charge in [-0.1, -0.05) is 180 Å². The van der Waals surface area contributed by atoms with E-state index in [4.69, 9.17) is 0 Å². The standard InChI is InChI=1S/C60H44S/c1-7-8-15-35(2)55-40-16-9-11-18-42(40)56(43-19-12-10-17-41(43)55)38-24-30-50-48(33-38)39-25-22-37(34-52(39)59(50,3)4)36-23-29-51-49(32-36)46-27-26-44-45(58(46)60(51,5)6)28-31-54-57(44)47-20-13-14-21-53(47)61-54/h7-34H,1-2H2,3-6H3/b15-8-. The van der Waals surface area contributed by atoms with E-state index in [9.17, 15) is 0 Å². The largest absolute Gasteiger partial charge is 0.135 e. The predicted molar refractivity (Wildman–Crippen MR) is 266 cm³/mol. The molecule has 1 heterocycles. The van der Waals surface area contributed by atoms with Gasteiger partial charge in [-0.15, -0.1) is 11.3 Å². The van der Waals surface area contributed by atoms with Gasteiger partial charge in [0.25, 0.3) is 0 Å². The van der Waals surface area contributed by atoms with Crippen LogP contribution in [0.2, 0.25) is 0 Å². The molecule has 0 nitrogen and oxygen atoms in total. The van der Waals surface area contributed by atoms with Gasteiger partial charge in [0.05, 0.1) is 0 Å². The minimum atomic E-state index is -0.149. The summed E-state index contributed by atoms with van der Waals surface area (Å²) in [6.45, 7) is 18.0. The Morgan fingerprint density at radius 3 is 1.79 bits per heavy atom. The molecule has 2 aliphatic rings. The Morgan fingerprint density at radius 1 is 0.475 bits per heavy atom. The van der Waals surface area contributed by atoms with Crippen molar-refractivity contribution in [3.63, 3.8) is 0 Å². The van der Waals surface area contributed by atoms with Gasteiger partial charge in [0.2, 0.25) is 0 Å². The number of hydrogen-bond acceptors (Lipinski definition) is 1. The molecule has 0 atom stereocenters. The molecule has 2 aliphatic carbocycles. The van der Waals surface area contributed by atoms with E-state index in [2.05, 4.69) is 199 Å². The van der Waals surface area contributed by atoms with E-state index in [1.54, 1.807) is 0 Å².